The fraction of sp³-hybridized carbons (Fsp3) is 1.00. The average molecular weight is 133 g/mol. The van der Waals surface area contributed by atoms with Crippen molar-refractivity contribution in [2.24, 2.45) is 0 Å². The van der Waals surface area contributed by atoms with Gasteiger partial charge in [-0.2, -0.15) is 0 Å². The first-order valence-electron chi connectivity index (χ1n) is 3.05. The summed E-state index contributed by atoms with van der Waals surface area (Å²) in [5, 5.41) is 0. The first-order chi connectivity index (χ1) is 4.41. The normalized spacial score (nSPS) is 10.0. The third-order valence-corrected chi connectivity index (χ3v) is 0.714. The van der Waals surface area contributed by atoms with Crippen LogP contribution in [0.4, 0.5) is 0 Å². The number of nitrogens with one attached hydrogen (secondary N) is 2. The highest BCUT2D eigenvalue weighted by Gasteiger charge is 1.83. The van der Waals surface area contributed by atoms with Crippen molar-refractivity contribution in [3.63, 3.8) is 0 Å². The number of rotatable bonds is 6. The molecule has 9 heavy (non-hydrogen) atoms. The van der Waals surface area contributed by atoms with Gasteiger partial charge in [0, 0.05) is 6.54 Å². The highest BCUT2D eigenvalue weighted by Crippen LogP contribution is 1.73. The summed E-state index contributed by atoms with van der Waals surface area (Å²) in [5.74, 6) is 6.29. The summed E-state index contributed by atoms with van der Waals surface area (Å²) in [4.78, 5) is 8.90. The first-order valence-corrected chi connectivity index (χ1v) is 3.05. The van der Waals surface area contributed by atoms with Crippen LogP contribution >= 0.6 is 0 Å². The summed E-state index contributed by atoms with van der Waals surface area (Å²) in [5.41, 5.74) is 2.64. The van der Waals surface area contributed by atoms with Gasteiger partial charge in [0.05, 0.1) is 13.2 Å². The maximum atomic E-state index is 6.29. The van der Waals surface area contributed by atoms with Crippen molar-refractivity contribution in [2.75, 3.05) is 19.8 Å². The van der Waals surface area contributed by atoms with Gasteiger partial charge < -0.3 is 4.84 Å². The van der Waals surface area contributed by atoms with Crippen molar-refractivity contribution in [3.8, 4) is 0 Å². The summed E-state index contributed by atoms with van der Waals surface area (Å²) in [6.45, 7) is 3.67. The van der Waals surface area contributed by atoms with E-state index in [1.165, 1.54) is 0 Å². The van der Waals surface area contributed by atoms with E-state index in [9.17, 15) is 0 Å². The molecule has 55 valence electrons. The molecule has 0 aliphatic carbocycles. The number of hydrogen-bond acceptors (Lipinski definition) is 3. The summed E-state index contributed by atoms with van der Waals surface area (Å²) >= 11 is 0. The Kier molecular flexibility index (Phi) is 7.70. The Bertz CT molecular complexity index is 46.2. The summed E-state index contributed by atoms with van der Waals surface area (Å²) in [7, 11) is 0. The lowest BCUT2D eigenvalue weighted by atomic mass is 10.5. The van der Waals surface area contributed by atoms with E-state index in [0.29, 0.717) is 19.8 Å². The van der Waals surface area contributed by atoms with Crippen LogP contribution in [-0.4, -0.2) is 19.8 Å². The van der Waals surface area contributed by atoms with Gasteiger partial charge in [0.15, 0.2) is 0 Å². The molecule has 0 aliphatic heterocycles. The fourth-order valence-corrected chi connectivity index (χ4v) is 0.339. The summed E-state index contributed by atoms with van der Waals surface area (Å²) in [6.07, 6.45) is 0.995. The molecule has 0 rings (SSSR count). The SMILES string of the molecule is CCCONCCO[NH]. The van der Waals surface area contributed by atoms with Crippen molar-refractivity contribution in [3.05, 3.63) is 0 Å². The molecular weight excluding hydrogens is 120 g/mol. The van der Waals surface area contributed by atoms with Crippen LogP contribution in [0.5, 0.6) is 0 Å². The van der Waals surface area contributed by atoms with Crippen LogP contribution in [0.25, 0.3) is 0 Å². The van der Waals surface area contributed by atoms with Crippen LogP contribution in [0, 0.1) is 0 Å². The zero-order valence-electron chi connectivity index (χ0n) is 5.64. The molecule has 0 aromatic carbocycles. The monoisotopic (exact) mass is 133 g/mol. The average Bonchev–Trinajstić information content (AvgIpc) is 1.89. The molecular formula is C5H13N2O2. The maximum Gasteiger partial charge on any atom is 0.0847 e. The van der Waals surface area contributed by atoms with Gasteiger partial charge in [-0.25, -0.2) is 5.48 Å². The molecule has 0 saturated heterocycles. The molecule has 0 aliphatic rings. The predicted octanol–water partition coefficient (Wildman–Crippen LogP) is 0.132. The zero-order valence-corrected chi connectivity index (χ0v) is 5.64. The Hall–Kier alpha value is -0.160. The molecule has 4 nitrogen and oxygen atoms in total. The molecule has 0 unspecified atom stereocenters. The Morgan fingerprint density at radius 1 is 1.44 bits per heavy atom. The molecule has 0 atom stereocenters. The van der Waals surface area contributed by atoms with Crippen LogP contribution in [0.3, 0.4) is 0 Å². The van der Waals surface area contributed by atoms with Crippen LogP contribution in [-0.2, 0) is 9.68 Å². The first kappa shape index (κ1) is 8.84. The van der Waals surface area contributed by atoms with E-state index in [0.717, 1.165) is 6.42 Å². The highest BCUT2D eigenvalue weighted by molar-refractivity contribution is 4.28. The molecule has 0 bridgehead atoms. The minimum atomic E-state index is 0.365. The molecule has 0 fully saturated rings. The van der Waals surface area contributed by atoms with Gasteiger partial charge in [-0.05, 0) is 6.42 Å². The zero-order chi connectivity index (χ0) is 6.95. The minimum absolute atomic E-state index is 0.365. The molecule has 4 heteroatoms. The molecule has 0 saturated carbocycles. The Morgan fingerprint density at radius 3 is 2.78 bits per heavy atom. The fourth-order valence-electron chi connectivity index (χ4n) is 0.339. The highest BCUT2D eigenvalue weighted by atomic mass is 16.7. The van der Waals surface area contributed by atoms with E-state index < -0.39 is 0 Å². The Morgan fingerprint density at radius 2 is 2.22 bits per heavy atom. The van der Waals surface area contributed by atoms with E-state index in [-0.39, 0.29) is 0 Å². The molecule has 0 heterocycles. The van der Waals surface area contributed by atoms with Gasteiger partial charge >= 0.3 is 0 Å². The van der Waals surface area contributed by atoms with Crippen molar-refractivity contribution < 1.29 is 9.68 Å². The van der Waals surface area contributed by atoms with Crippen LogP contribution in [0.1, 0.15) is 13.3 Å². The van der Waals surface area contributed by atoms with Crippen LogP contribution in [0.15, 0.2) is 0 Å². The third-order valence-electron chi connectivity index (χ3n) is 0.714. The van der Waals surface area contributed by atoms with Crippen molar-refractivity contribution in [1.29, 1.82) is 0 Å². The second-order valence-electron chi connectivity index (χ2n) is 1.59. The second-order valence-corrected chi connectivity index (χ2v) is 1.59. The lowest BCUT2D eigenvalue weighted by Gasteiger charge is -2.01. The van der Waals surface area contributed by atoms with Gasteiger partial charge in [0.1, 0.15) is 0 Å². The topological polar surface area (TPSA) is 54.3 Å². The lowest BCUT2D eigenvalue weighted by molar-refractivity contribution is 0.0171. The third kappa shape index (κ3) is 7.84. The quantitative estimate of drug-likeness (QED) is 0.414. The lowest BCUT2D eigenvalue weighted by Crippen LogP contribution is -2.20. The smallest absolute Gasteiger partial charge is 0.0847 e. The van der Waals surface area contributed by atoms with Gasteiger partial charge in [-0.15, -0.1) is 5.90 Å². The van der Waals surface area contributed by atoms with Crippen LogP contribution < -0.4 is 11.4 Å². The van der Waals surface area contributed by atoms with Gasteiger partial charge in [-0.3, -0.25) is 4.84 Å². The molecule has 1 radical (unpaired) electrons. The minimum Gasteiger partial charge on any atom is -0.302 e. The molecule has 0 amide bonds. The Labute approximate surface area is 55.2 Å². The summed E-state index contributed by atoms with van der Waals surface area (Å²) < 4.78 is 0. The predicted molar refractivity (Wildman–Crippen MR) is 33.3 cm³/mol. The number of hydrogen-bond donors (Lipinski definition) is 1. The van der Waals surface area contributed by atoms with Gasteiger partial charge in [-0.1, -0.05) is 6.92 Å². The molecule has 0 aromatic rings. The Balaban J connectivity index is 2.60. The maximum absolute atomic E-state index is 6.29. The van der Waals surface area contributed by atoms with Crippen molar-refractivity contribution >= 4 is 0 Å². The van der Waals surface area contributed by atoms with E-state index in [2.05, 4.69) is 10.3 Å². The molecule has 2 N–H and O–H groups in total. The largest absolute Gasteiger partial charge is 0.302 e. The van der Waals surface area contributed by atoms with Crippen molar-refractivity contribution in [2.45, 2.75) is 13.3 Å². The second kappa shape index (κ2) is 7.84. The standard InChI is InChI=1S/C5H13N2O2/c1-2-4-9-7-3-5-8-6/h6-7H,2-5H2,1H3. The summed E-state index contributed by atoms with van der Waals surface area (Å²) in [6, 6.07) is 0. The van der Waals surface area contributed by atoms with Crippen LogP contribution in [0.2, 0.25) is 0 Å². The van der Waals surface area contributed by atoms with E-state index >= 15 is 0 Å². The molecule has 0 spiro atoms. The molecule has 0 aromatic heterocycles. The van der Waals surface area contributed by atoms with Gasteiger partial charge in [0.2, 0.25) is 0 Å². The van der Waals surface area contributed by atoms with E-state index in [4.69, 9.17) is 10.7 Å². The van der Waals surface area contributed by atoms with Gasteiger partial charge in [0.25, 0.3) is 0 Å². The van der Waals surface area contributed by atoms with Crippen molar-refractivity contribution in [1.82, 2.24) is 11.4 Å². The van der Waals surface area contributed by atoms with E-state index in [1.54, 1.807) is 0 Å². The number of hydroxylamine groups is 1. The van der Waals surface area contributed by atoms with E-state index in [1.807, 2.05) is 6.92 Å².